The molecule has 0 aliphatic carbocycles. The Kier molecular flexibility index (Phi) is 7.25. The van der Waals surface area contributed by atoms with Crippen LogP contribution >= 0.6 is 11.6 Å². The molecule has 0 fully saturated rings. The van der Waals surface area contributed by atoms with Crippen LogP contribution in [0.5, 0.6) is 0 Å². The van der Waals surface area contributed by atoms with E-state index in [1.54, 1.807) is 25.3 Å². The van der Waals surface area contributed by atoms with Gasteiger partial charge in [-0.1, -0.05) is 17.7 Å². The number of halogens is 1. The number of anilines is 1. The van der Waals surface area contributed by atoms with E-state index in [9.17, 15) is 4.79 Å². The molecule has 1 aromatic carbocycles. The number of ether oxygens (including phenoxy) is 3. The van der Waals surface area contributed by atoms with Gasteiger partial charge < -0.3 is 19.9 Å². The van der Waals surface area contributed by atoms with Crippen molar-refractivity contribution in [2.75, 3.05) is 39.3 Å². The second-order valence-corrected chi connectivity index (χ2v) is 4.18. The molecule has 0 aliphatic rings. The minimum atomic E-state index is -0.502. The van der Waals surface area contributed by atoms with E-state index in [1.165, 1.54) is 0 Å². The van der Waals surface area contributed by atoms with E-state index in [1.807, 2.05) is 0 Å². The Morgan fingerprint density at radius 2 is 2.05 bits per heavy atom. The molecule has 106 valence electrons. The number of hydrogen-bond acceptors (Lipinski definition) is 5. The number of rotatable bonds is 8. The second kappa shape index (κ2) is 8.74. The van der Waals surface area contributed by atoms with Crippen LogP contribution in [-0.2, 0) is 14.2 Å². The maximum Gasteiger partial charge on any atom is 0.339 e. The standard InChI is InChI=1S/C13H18ClNO4/c1-17-6-3-7-18-8-9-19-13(16)10-4-2-5-11(15)12(10)14/h2,4-5H,3,6-9,15H2,1H3. The zero-order valence-electron chi connectivity index (χ0n) is 10.9. The third kappa shape index (κ3) is 5.46. The quantitative estimate of drug-likeness (QED) is 0.450. The number of esters is 1. The van der Waals surface area contributed by atoms with E-state index in [0.29, 0.717) is 25.5 Å². The van der Waals surface area contributed by atoms with E-state index >= 15 is 0 Å². The van der Waals surface area contributed by atoms with E-state index in [-0.39, 0.29) is 17.2 Å². The second-order valence-electron chi connectivity index (χ2n) is 3.80. The SMILES string of the molecule is COCCCOCCOC(=O)c1cccc(N)c1Cl. The van der Waals surface area contributed by atoms with E-state index < -0.39 is 5.97 Å². The molecule has 0 unspecified atom stereocenters. The van der Waals surface area contributed by atoms with Crippen LogP contribution in [-0.4, -0.2) is 39.5 Å². The predicted octanol–water partition coefficient (Wildman–Crippen LogP) is 2.13. The summed E-state index contributed by atoms with van der Waals surface area (Å²) in [6.07, 6.45) is 0.811. The Morgan fingerprint density at radius 1 is 1.26 bits per heavy atom. The molecule has 0 aliphatic heterocycles. The lowest BCUT2D eigenvalue weighted by atomic mass is 10.2. The largest absolute Gasteiger partial charge is 0.460 e. The third-order valence-corrected chi connectivity index (χ3v) is 2.77. The zero-order chi connectivity index (χ0) is 14.1. The first kappa shape index (κ1) is 15.8. The highest BCUT2D eigenvalue weighted by molar-refractivity contribution is 6.36. The molecule has 6 heteroatoms. The number of hydrogen-bond donors (Lipinski definition) is 1. The molecule has 0 saturated heterocycles. The van der Waals surface area contributed by atoms with Gasteiger partial charge >= 0.3 is 5.97 Å². The molecular formula is C13H18ClNO4. The summed E-state index contributed by atoms with van der Waals surface area (Å²) in [6.45, 7) is 1.75. The summed E-state index contributed by atoms with van der Waals surface area (Å²) in [5.41, 5.74) is 6.22. The average molecular weight is 288 g/mol. The van der Waals surface area contributed by atoms with Gasteiger partial charge in [-0.2, -0.15) is 0 Å². The maximum atomic E-state index is 11.7. The molecule has 0 spiro atoms. The van der Waals surface area contributed by atoms with Crippen LogP contribution in [0, 0.1) is 0 Å². The first-order chi connectivity index (χ1) is 9.16. The number of benzene rings is 1. The molecule has 1 rings (SSSR count). The van der Waals surface area contributed by atoms with Crippen molar-refractivity contribution in [3.63, 3.8) is 0 Å². The highest BCUT2D eigenvalue weighted by Gasteiger charge is 2.13. The Balaban J connectivity index is 2.26. The van der Waals surface area contributed by atoms with Crippen molar-refractivity contribution in [1.82, 2.24) is 0 Å². The van der Waals surface area contributed by atoms with Gasteiger partial charge in [0.1, 0.15) is 6.61 Å². The van der Waals surface area contributed by atoms with Crippen molar-refractivity contribution in [1.29, 1.82) is 0 Å². The monoisotopic (exact) mass is 287 g/mol. The lowest BCUT2D eigenvalue weighted by Gasteiger charge is -2.08. The molecule has 0 saturated carbocycles. The van der Waals surface area contributed by atoms with Gasteiger partial charge in [0.2, 0.25) is 0 Å². The topological polar surface area (TPSA) is 70.8 Å². The summed E-state index contributed by atoms with van der Waals surface area (Å²) < 4.78 is 15.2. The van der Waals surface area contributed by atoms with Crippen molar-refractivity contribution in [3.8, 4) is 0 Å². The number of methoxy groups -OCH3 is 1. The summed E-state index contributed by atoms with van der Waals surface area (Å²) >= 11 is 5.91. The fraction of sp³-hybridized carbons (Fsp3) is 0.462. The Morgan fingerprint density at radius 3 is 2.79 bits per heavy atom. The lowest BCUT2D eigenvalue weighted by molar-refractivity contribution is 0.0288. The average Bonchev–Trinajstić information content (AvgIpc) is 2.40. The van der Waals surface area contributed by atoms with Crippen molar-refractivity contribution < 1.29 is 19.0 Å². The van der Waals surface area contributed by atoms with Crippen LogP contribution in [0.1, 0.15) is 16.8 Å². The first-order valence-electron chi connectivity index (χ1n) is 5.94. The Labute approximate surface area is 117 Å². The normalized spacial score (nSPS) is 10.4. The molecule has 0 bridgehead atoms. The van der Waals surface area contributed by atoms with Gasteiger partial charge in [0.25, 0.3) is 0 Å². The first-order valence-corrected chi connectivity index (χ1v) is 6.32. The minimum Gasteiger partial charge on any atom is -0.460 e. The highest BCUT2D eigenvalue weighted by Crippen LogP contribution is 2.23. The van der Waals surface area contributed by atoms with Crippen LogP contribution in [0.15, 0.2) is 18.2 Å². The van der Waals surface area contributed by atoms with Crippen molar-refractivity contribution in [2.45, 2.75) is 6.42 Å². The van der Waals surface area contributed by atoms with E-state index in [2.05, 4.69) is 0 Å². The molecule has 5 nitrogen and oxygen atoms in total. The van der Waals surface area contributed by atoms with Crippen molar-refractivity contribution >= 4 is 23.3 Å². The number of carbonyl (C=O) groups excluding carboxylic acids is 1. The molecular weight excluding hydrogens is 270 g/mol. The molecule has 19 heavy (non-hydrogen) atoms. The summed E-state index contributed by atoms with van der Waals surface area (Å²) in [4.78, 5) is 11.7. The van der Waals surface area contributed by atoms with Gasteiger partial charge in [0.15, 0.2) is 0 Å². The van der Waals surface area contributed by atoms with Crippen LogP contribution in [0.2, 0.25) is 5.02 Å². The molecule has 0 amide bonds. The van der Waals surface area contributed by atoms with Gasteiger partial charge in [0.05, 0.1) is 22.9 Å². The number of carbonyl (C=O) groups is 1. The van der Waals surface area contributed by atoms with Crippen LogP contribution < -0.4 is 5.73 Å². The predicted molar refractivity (Wildman–Crippen MR) is 73.5 cm³/mol. The smallest absolute Gasteiger partial charge is 0.339 e. The summed E-state index contributed by atoms with van der Waals surface area (Å²) in [6, 6.07) is 4.84. The molecule has 2 N–H and O–H groups in total. The number of nitrogen functional groups attached to an aromatic ring is 1. The van der Waals surface area contributed by atoms with Gasteiger partial charge in [-0.05, 0) is 18.6 Å². The van der Waals surface area contributed by atoms with Gasteiger partial charge in [0, 0.05) is 20.3 Å². The van der Waals surface area contributed by atoms with Crippen molar-refractivity contribution in [2.24, 2.45) is 0 Å². The maximum absolute atomic E-state index is 11.7. The third-order valence-electron chi connectivity index (χ3n) is 2.35. The van der Waals surface area contributed by atoms with Crippen molar-refractivity contribution in [3.05, 3.63) is 28.8 Å². The van der Waals surface area contributed by atoms with E-state index in [4.69, 9.17) is 31.5 Å². The summed E-state index contributed by atoms with van der Waals surface area (Å²) in [5.74, 6) is -0.502. The molecule has 0 aromatic heterocycles. The molecule has 1 aromatic rings. The fourth-order valence-corrected chi connectivity index (χ4v) is 1.59. The van der Waals surface area contributed by atoms with E-state index in [0.717, 1.165) is 6.42 Å². The Hall–Kier alpha value is -1.30. The summed E-state index contributed by atoms with van der Waals surface area (Å²) in [7, 11) is 1.64. The molecule has 0 radical (unpaired) electrons. The van der Waals surface area contributed by atoms with Gasteiger partial charge in [-0.25, -0.2) is 4.79 Å². The van der Waals surface area contributed by atoms with Crippen LogP contribution in [0.3, 0.4) is 0 Å². The van der Waals surface area contributed by atoms with Crippen LogP contribution in [0.4, 0.5) is 5.69 Å². The zero-order valence-corrected chi connectivity index (χ0v) is 11.6. The van der Waals surface area contributed by atoms with Gasteiger partial charge in [-0.3, -0.25) is 0 Å². The molecule has 0 heterocycles. The molecule has 0 atom stereocenters. The summed E-state index contributed by atoms with van der Waals surface area (Å²) in [5, 5.41) is 0.216. The minimum absolute atomic E-state index is 0.178. The highest BCUT2D eigenvalue weighted by atomic mass is 35.5. The fourth-order valence-electron chi connectivity index (χ4n) is 1.39. The number of nitrogens with two attached hydrogens (primary N) is 1. The Bertz CT molecular complexity index is 412. The lowest BCUT2D eigenvalue weighted by Crippen LogP contribution is -2.12. The van der Waals surface area contributed by atoms with Crippen LogP contribution in [0.25, 0.3) is 0 Å². The van der Waals surface area contributed by atoms with Gasteiger partial charge in [-0.15, -0.1) is 0 Å².